The number of carboxylic acid groups (broad SMARTS) is 1. The largest absolute Gasteiger partial charge is 0.491 e. The number of rotatable bonds is 11. The Morgan fingerprint density at radius 1 is 1.14 bits per heavy atom. The second-order valence-electron chi connectivity index (χ2n) is 6.18. The van der Waals surface area contributed by atoms with Gasteiger partial charge in [-0.15, -0.1) is 0 Å². The molecule has 8 heteroatoms. The Labute approximate surface area is 163 Å². The van der Waals surface area contributed by atoms with Gasteiger partial charge in [-0.05, 0) is 54.8 Å². The lowest BCUT2D eigenvalue weighted by molar-refractivity contribution is -0.138. The van der Waals surface area contributed by atoms with Crippen molar-refractivity contribution in [3.63, 3.8) is 0 Å². The van der Waals surface area contributed by atoms with Crippen LogP contribution in [0.5, 0.6) is 5.75 Å². The van der Waals surface area contributed by atoms with E-state index in [0.29, 0.717) is 35.4 Å². The molecular formula is C20H25N3O5. The Morgan fingerprint density at radius 3 is 2.43 bits per heavy atom. The maximum atomic E-state index is 12.0. The summed E-state index contributed by atoms with van der Waals surface area (Å²) in [6.45, 7) is -0.104. The number of aliphatic hydroxyl groups is 2. The quantitative estimate of drug-likeness (QED) is 0.253. The van der Waals surface area contributed by atoms with E-state index in [-0.39, 0.29) is 25.7 Å². The van der Waals surface area contributed by atoms with Gasteiger partial charge in [-0.3, -0.25) is 5.41 Å². The van der Waals surface area contributed by atoms with Crippen molar-refractivity contribution < 1.29 is 24.9 Å². The fraction of sp³-hybridized carbons (Fsp3) is 0.300. The molecule has 150 valence electrons. The molecule has 0 fully saturated rings. The summed E-state index contributed by atoms with van der Waals surface area (Å²) in [6, 6.07) is 10.7. The first-order valence-corrected chi connectivity index (χ1v) is 8.87. The molecule has 7 N–H and O–H groups in total. The zero-order chi connectivity index (χ0) is 20.5. The van der Waals surface area contributed by atoms with Crippen LogP contribution in [0.2, 0.25) is 0 Å². The summed E-state index contributed by atoms with van der Waals surface area (Å²) in [7, 11) is 0. The first-order chi connectivity index (χ1) is 13.5. The number of benzene rings is 2. The molecule has 0 radical (unpaired) electrons. The molecule has 2 rings (SSSR count). The average Bonchev–Trinajstić information content (AvgIpc) is 2.69. The van der Waals surface area contributed by atoms with Crippen molar-refractivity contribution in [1.82, 2.24) is 0 Å². The maximum Gasteiger partial charge on any atom is 0.330 e. The first kappa shape index (κ1) is 21.2. The summed E-state index contributed by atoms with van der Waals surface area (Å²) in [5, 5.41) is 38.2. The van der Waals surface area contributed by atoms with Crippen LogP contribution in [-0.4, -0.2) is 46.9 Å². The van der Waals surface area contributed by atoms with Crippen molar-refractivity contribution in [2.75, 3.05) is 25.1 Å². The van der Waals surface area contributed by atoms with Crippen LogP contribution in [0, 0.1) is 5.41 Å². The second kappa shape index (κ2) is 10.3. The third-order valence-electron chi connectivity index (χ3n) is 4.11. The van der Waals surface area contributed by atoms with Gasteiger partial charge in [-0.2, -0.15) is 0 Å². The number of aliphatic carboxylic acids is 1. The molecule has 2 aromatic carbocycles. The zero-order valence-electron chi connectivity index (χ0n) is 15.4. The first-order valence-electron chi connectivity index (χ1n) is 8.87. The molecular weight excluding hydrogens is 362 g/mol. The van der Waals surface area contributed by atoms with E-state index >= 15 is 0 Å². The Hall–Kier alpha value is -3.10. The summed E-state index contributed by atoms with van der Waals surface area (Å²) >= 11 is 0. The van der Waals surface area contributed by atoms with Gasteiger partial charge in [0.1, 0.15) is 18.2 Å². The lowest BCUT2D eigenvalue weighted by Crippen LogP contribution is -2.22. The van der Waals surface area contributed by atoms with Crippen LogP contribution >= 0.6 is 0 Å². The van der Waals surface area contributed by atoms with E-state index < -0.39 is 12.0 Å². The third-order valence-corrected chi connectivity index (χ3v) is 4.11. The van der Waals surface area contributed by atoms with Gasteiger partial charge in [0.2, 0.25) is 0 Å². The Morgan fingerprint density at radius 2 is 1.86 bits per heavy atom. The molecule has 0 saturated carbocycles. The number of anilines is 1. The molecule has 2 aromatic rings. The second-order valence-corrected chi connectivity index (χ2v) is 6.18. The molecule has 0 aliphatic rings. The summed E-state index contributed by atoms with van der Waals surface area (Å²) in [4.78, 5) is 12.0. The normalized spacial score (nSPS) is 11.6. The Kier molecular flexibility index (Phi) is 7.79. The van der Waals surface area contributed by atoms with Crippen molar-refractivity contribution in [2.24, 2.45) is 5.73 Å². The van der Waals surface area contributed by atoms with Crippen LogP contribution in [-0.2, 0) is 11.2 Å². The molecule has 28 heavy (non-hydrogen) atoms. The van der Waals surface area contributed by atoms with Gasteiger partial charge in [0, 0.05) is 23.4 Å². The number of aryl methyl sites for hydroxylation is 1. The van der Waals surface area contributed by atoms with Crippen LogP contribution in [0.15, 0.2) is 42.5 Å². The highest BCUT2D eigenvalue weighted by molar-refractivity contribution is 5.95. The molecule has 0 aliphatic carbocycles. The number of amidine groups is 1. The fourth-order valence-electron chi connectivity index (χ4n) is 2.73. The Bertz CT molecular complexity index is 808. The minimum Gasteiger partial charge on any atom is -0.491 e. The van der Waals surface area contributed by atoms with E-state index in [4.69, 9.17) is 26.1 Å². The number of hydrogen-bond donors (Lipinski definition) is 6. The van der Waals surface area contributed by atoms with E-state index in [0.717, 1.165) is 5.56 Å². The molecule has 0 amide bonds. The van der Waals surface area contributed by atoms with Gasteiger partial charge in [0.25, 0.3) is 0 Å². The highest BCUT2D eigenvalue weighted by atomic mass is 16.5. The molecule has 0 saturated heterocycles. The van der Waals surface area contributed by atoms with Crippen molar-refractivity contribution >= 4 is 17.5 Å². The van der Waals surface area contributed by atoms with Gasteiger partial charge in [-0.25, -0.2) is 4.79 Å². The van der Waals surface area contributed by atoms with Crippen LogP contribution in [0.4, 0.5) is 5.69 Å². The predicted molar refractivity (Wildman–Crippen MR) is 106 cm³/mol. The van der Waals surface area contributed by atoms with Gasteiger partial charge >= 0.3 is 5.97 Å². The zero-order valence-corrected chi connectivity index (χ0v) is 15.4. The van der Waals surface area contributed by atoms with E-state index in [1.807, 2.05) is 6.07 Å². The minimum absolute atomic E-state index is 0.0429. The number of carbonyl (C=O) groups is 1. The molecule has 0 heterocycles. The lowest BCUT2D eigenvalue weighted by Gasteiger charge is -2.20. The molecule has 0 aromatic heterocycles. The van der Waals surface area contributed by atoms with Crippen molar-refractivity contribution in [1.29, 1.82) is 5.41 Å². The topological polar surface area (TPSA) is 149 Å². The van der Waals surface area contributed by atoms with Crippen molar-refractivity contribution in [3.05, 3.63) is 59.2 Å². The van der Waals surface area contributed by atoms with Crippen LogP contribution in [0.25, 0.3) is 0 Å². The minimum atomic E-state index is -1.09. The van der Waals surface area contributed by atoms with Crippen LogP contribution in [0.1, 0.15) is 29.2 Å². The van der Waals surface area contributed by atoms with E-state index in [9.17, 15) is 9.90 Å². The standard InChI is InChI=1S/C20H25N3O5/c21-19(22)14-4-6-15(7-5-14)23-18(20(26)27)16-12-13(2-1-9-24)3-8-17(16)28-11-10-25/h3-8,12,18,23-25H,1-2,9-11H2,(H3,21,22)(H,26,27). The fourth-order valence-corrected chi connectivity index (χ4v) is 2.73. The molecule has 1 unspecified atom stereocenters. The van der Waals surface area contributed by atoms with E-state index in [1.54, 1.807) is 36.4 Å². The van der Waals surface area contributed by atoms with Gasteiger partial charge in [-0.1, -0.05) is 6.07 Å². The van der Waals surface area contributed by atoms with Gasteiger partial charge < -0.3 is 31.1 Å². The number of hydrogen-bond acceptors (Lipinski definition) is 6. The highest BCUT2D eigenvalue weighted by Gasteiger charge is 2.24. The smallest absolute Gasteiger partial charge is 0.330 e. The van der Waals surface area contributed by atoms with Gasteiger partial charge in [0.05, 0.1) is 6.61 Å². The summed E-state index contributed by atoms with van der Waals surface area (Å²) in [5.41, 5.74) is 7.82. The summed E-state index contributed by atoms with van der Waals surface area (Å²) < 4.78 is 5.52. The van der Waals surface area contributed by atoms with E-state index in [1.165, 1.54) is 0 Å². The number of ether oxygens (including phenoxy) is 1. The lowest BCUT2D eigenvalue weighted by atomic mass is 9.99. The Balaban J connectivity index is 2.35. The maximum absolute atomic E-state index is 12.0. The molecule has 1 atom stereocenters. The average molecular weight is 387 g/mol. The number of carboxylic acids is 1. The number of nitrogen functional groups attached to an aromatic ring is 1. The van der Waals surface area contributed by atoms with Crippen LogP contribution < -0.4 is 15.8 Å². The molecule has 0 spiro atoms. The van der Waals surface area contributed by atoms with Crippen molar-refractivity contribution in [3.8, 4) is 5.75 Å². The molecule has 0 bridgehead atoms. The van der Waals surface area contributed by atoms with E-state index in [2.05, 4.69) is 5.32 Å². The summed E-state index contributed by atoms with van der Waals surface area (Å²) in [6.07, 6.45) is 1.16. The monoisotopic (exact) mass is 387 g/mol. The third kappa shape index (κ3) is 5.70. The van der Waals surface area contributed by atoms with Gasteiger partial charge in [0.15, 0.2) is 6.04 Å². The number of nitrogens with two attached hydrogens (primary N) is 1. The highest BCUT2D eigenvalue weighted by Crippen LogP contribution is 2.30. The van der Waals surface area contributed by atoms with Crippen molar-refractivity contribution in [2.45, 2.75) is 18.9 Å². The molecule has 8 nitrogen and oxygen atoms in total. The number of nitrogens with one attached hydrogen (secondary N) is 2. The van der Waals surface area contributed by atoms with Crippen LogP contribution in [0.3, 0.4) is 0 Å². The predicted octanol–water partition coefficient (Wildman–Crippen LogP) is 1.50. The molecule has 0 aliphatic heterocycles. The SMILES string of the molecule is N=C(N)c1ccc(NC(C(=O)O)c2cc(CCCO)ccc2OCCO)cc1. The summed E-state index contributed by atoms with van der Waals surface area (Å²) in [5.74, 6) is -0.802. The number of aliphatic hydroxyl groups excluding tert-OH is 2.